The van der Waals surface area contributed by atoms with E-state index in [1.165, 1.54) is 6.21 Å². The second-order valence-electron chi connectivity index (χ2n) is 7.16. The van der Waals surface area contributed by atoms with Crippen LogP contribution in [0.4, 0.5) is 0 Å². The van der Waals surface area contributed by atoms with Crippen molar-refractivity contribution in [3.8, 4) is 17.2 Å². The molecule has 0 aliphatic carbocycles. The quantitative estimate of drug-likeness (QED) is 0.200. The number of rotatable bonds is 5. The zero-order valence-electron chi connectivity index (χ0n) is 17.4. The Morgan fingerprint density at radius 2 is 1.88 bits per heavy atom. The predicted molar refractivity (Wildman–Crippen MR) is 130 cm³/mol. The van der Waals surface area contributed by atoms with Crippen LogP contribution in [0.2, 0.25) is 0 Å². The number of fused-ring (bicyclic) bond motifs is 1. The lowest BCUT2D eigenvalue weighted by Gasteiger charge is -2.24. The molecular weight excluding hydrogens is 556 g/mol. The number of para-hydroxylation sites is 2. The van der Waals surface area contributed by atoms with Gasteiger partial charge in [0.15, 0.2) is 17.2 Å². The van der Waals surface area contributed by atoms with E-state index < -0.39 is 18.0 Å². The van der Waals surface area contributed by atoms with Crippen molar-refractivity contribution in [3.63, 3.8) is 0 Å². The summed E-state index contributed by atoms with van der Waals surface area (Å²) in [5.74, 6) is 0.382. The first-order chi connectivity index (χ1) is 15.9. The van der Waals surface area contributed by atoms with Gasteiger partial charge in [0.1, 0.15) is 6.61 Å². The van der Waals surface area contributed by atoms with Crippen LogP contribution < -0.4 is 19.6 Å². The molecule has 1 unspecified atom stereocenters. The van der Waals surface area contributed by atoms with Gasteiger partial charge in [0.2, 0.25) is 6.10 Å². The molecule has 0 radical (unpaired) electrons. The van der Waals surface area contributed by atoms with E-state index in [1.54, 1.807) is 48.5 Å². The first-order valence-corrected chi connectivity index (χ1v) is 11.5. The van der Waals surface area contributed by atoms with Crippen molar-refractivity contribution in [1.29, 1.82) is 0 Å². The van der Waals surface area contributed by atoms with E-state index in [0.29, 0.717) is 27.1 Å². The average Bonchev–Trinajstić information content (AvgIpc) is 2.80. The van der Waals surface area contributed by atoms with E-state index in [-0.39, 0.29) is 12.4 Å². The Morgan fingerprint density at radius 3 is 2.67 bits per heavy atom. The third kappa shape index (κ3) is 5.61. The summed E-state index contributed by atoms with van der Waals surface area (Å²) in [5.41, 5.74) is 4.29. The highest BCUT2D eigenvalue weighted by Gasteiger charge is 2.27. The third-order valence-corrected chi connectivity index (χ3v) is 5.71. The zero-order chi connectivity index (χ0) is 23.4. The number of benzene rings is 3. The Hall–Kier alpha value is -3.17. The Kier molecular flexibility index (Phi) is 7.10. The number of hydrogen-bond acceptors (Lipinski definition) is 6. The summed E-state index contributed by atoms with van der Waals surface area (Å²) >= 11 is 6.83. The molecule has 1 atom stereocenters. The van der Waals surface area contributed by atoms with E-state index in [4.69, 9.17) is 14.2 Å². The second kappa shape index (κ2) is 10.2. The monoisotopic (exact) mass is 572 g/mol. The number of esters is 1. The van der Waals surface area contributed by atoms with E-state index in [9.17, 15) is 9.59 Å². The van der Waals surface area contributed by atoms with Crippen LogP contribution in [0.3, 0.4) is 0 Å². The number of hydrogen-bond donors (Lipinski definition) is 1. The summed E-state index contributed by atoms with van der Waals surface area (Å²) in [6.07, 6.45) is 0.550. The third-order valence-electron chi connectivity index (χ3n) is 4.67. The van der Waals surface area contributed by atoms with Gasteiger partial charge in [-0.1, -0.05) is 45.8 Å². The van der Waals surface area contributed by atoms with Gasteiger partial charge in [0, 0.05) is 10.0 Å². The van der Waals surface area contributed by atoms with Crippen LogP contribution in [0.5, 0.6) is 17.2 Å². The minimum atomic E-state index is -0.843. The molecule has 0 bridgehead atoms. The van der Waals surface area contributed by atoms with Crippen molar-refractivity contribution in [2.24, 2.45) is 5.10 Å². The standard InChI is InChI=1S/C24H18Br2N2O5/c1-14-5-4-6-15(9-14)24(30)33-22-16(10-17(25)11-18(22)26)12-27-28-23(29)21-13-31-19-7-2-3-8-20(19)32-21/h2-12,21H,13H2,1H3,(H,28,29). The van der Waals surface area contributed by atoms with Crippen LogP contribution in [0.15, 0.2) is 74.7 Å². The number of hydrazone groups is 1. The van der Waals surface area contributed by atoms with Crippen molar-refractivity contribution >= 4 is 50.0 Å². The van der Waals surface area contributed by atoms with Gasteiger partial charge < -0.3 is 14.2 Å². The fourth-order valence-corrected chi connectivity index (χ4v) is 4.43. The largest absolute Gasteiger partial charge is 0.485 e. The molecule has 0 fully saturated rings. The highest BCUT2D eigenvalue weighted by atomic mass is 79.9. The number of carbonyl (C=O) groups excluding carboxylic acids is 2. The molecule has 4 rings (SSSR count). The molecule has 7 nitrogen and oxygen atoms in total. The molecule has 33 heavy (non-hydrogen) atoms. The first-order valence-electron chi connectivity index (χ1n) is 9.90. The molecule has 0 aromatic heterocycles. The molecule has 0 saturated heterocycles. The highest BCUT2D eigenvalue weighted by Crippen LogP contribution is 2.33. The smallest absolute Gasteiger partial charge is 0.343 e. The van der Waals surface area contributed by atoms with Gasteiger partial charge in [0.05, 0.1) is 16.3 Å². The minimum absolute atomic E-state index is 0.0696. The van der Waals surface area contributed by atoms with Crippen molar-refractivity contribution in [2.45, 2.75) is 13.0 Å². The van der Waals surface area contributed by atoms with E-state index in [2.05, 4.69) is 42.4 Å². The van der Waals surface area contributed by atoms with Crippen LogP contribution in [0.25, 0.3) is 0 Å². The number of aryl methyl sites for hydroxylation is 1. The molecule has 1 amide bonds. The van der Waals surface area contributed by atoms with Crippen LogP contribution >= 0.6 is 31.9 Å². The van der Waals surface area contributed by atoms with Crippen molar-refractivity contribution in [3.05, 3.63) is 86.3 Å². The number of ether oxygens (including phenoxy) is 3. The summed E-state index contributed by atoms with van der Waals surface area (Å²) in [6.45, 7) is 1.97. The van der Waals surface area contributed by atoms with Gasteiger partial charge in [0.25, 0.3) is 5.91 Å². The fraction of sp³-hybridized carbons (Fsp3) is 0.125. The van der Waals surface area contributed by atoms with Crippen molar-refractivity contribution in [1.82, 2.24) is 5.43 Å². The van der Waals surface area contributed by atoms with E-state index in [1.807, 2.05) is 19.1 Å². The number of nitrogens with zero attached hydrogens (tertiary/aromatic N) is 1. The Balaban J connectivity index is 1.47. The molecule has 3 aromatic carbocycles. The molecule has 1 N–H and O–H groups in total. The number of carbonyl (C=O) groups is 2. The molecule has 1 aliphatic heterocycles. The van der Waals surface area contributed by atoms with Gasteiger partial charge in [-0.2, -0.15) is 5.10 Å². The minimum Gasteiger partial charge on any atom is -0.485 e. The molecule has 9 heteroatoms. The van der Waals surface area contributed by atoms with Gasteiger partial charge >= 0.3 is 5.97 Å². The zero-order valence-corrected chi connectivity index (χ0v) is 20.6. The van der Waals surface area contributed by atoms with E-state index in [0.717, 1.165) is 10.0 Å². The average molecular weight is 574 g/mol. The van der Waals surface area contributed by atoms with Crippen molar-refractivity contribution in [2.75, 3.05) is 6.61 Å². The van der Waals surface area contributed by atoms with Crippen LogP contribution in [0.1, 0.15) is 21.5 Å². The summed E-state index contributed by atoms with van der Waals surface area (Å²) in [6, 6.07) is 17.7. The molecule has 168 valence electrons. The normalized spacial score (nSPS) is 14.7. The lowest BCUT2D eigenvalue weighted by atomic mass is 10.1. The van der Waals surface area contributed by atoms with Crippen LogP contribution in [-0.4, -0.2) is 30.8 Å². The lowest BCUT2D eigenvalue weighted by molar-refractivity contribution is -0.130. The SMILES string of the molecule is Cc1cccc(C(=O)Oc2c(Br)cc(Br)cc2C=NNC(=O)C2COc3ccccc3O2)c1. The first kappa shape index (κ1) is 23.0. The maximum atomic E-state index is 12.6. The number of nitrogens with one attached hydrogen (secondary N) is 1. The second-order valence-corrected chi connectivity index (χ2v) is 8.93. The topological polar surface area (TPSA) is 86.2 Å². The number of halogens is 2. The lowest BCUT2D eigenvalue weighted by Crippen LogP contribution is -2.42. The molecule has 3 aromatic rings. The Bertz CT molecular complexity index is 1250. The van der Waals surface area contributed by atoms with Gasteiger partial charge in [-0.15, -0.1) is 0 Å². The maximum Gasteiger partial charge on any atom is 0.343 e. The van der Waals surface area contributed by atoms with E-state index >= 15 is 0 Å². The molecule has 0 saturated carbocycles. The molecule has 1 heterocycles. The molecule has 1 aliphatic rings. The Morgan fingerprint density at radius 1 is 1.09 bits per heavy atom. The summed E-state index contributed by atoms with van der Waals surface area (Å²) < 4.78 is 18.1. The maximum absolute atomic E-state index is 12.6. The highest BCUT2D eigenvalue weighted by molar-refractivity contribution is 9.11. The number of amides is 1. The van der Waals surface area contributed by atoms with Crippen LogP contribution in [-0.2, 0) is 4.79 Å². The van der Waals surface area contributed by atoms with Gasteiger partial charge in [-0.05, 0) is 59.3 Å². The van der Waals surface area contributed by atoms with Crippen molar-refractivity contribution < 1.29 is 23.8 Å². The fourth-order valence-electron chi connectivity index (χ4n) is 3.09. The van der Waals surface area contributed by atoms with Crippen LogP contribution in [0, 0.1) is 6.92 Å². The molecule has 0 spiro atoms. The molecular formula is C24H18Br2N2O5. The summed E-state index contributed by atoms with van der Waals surface area (Å²) in [5, 5.41) is 4.02. The summed E-state index contributed by atoms with van der Waals surface area (Å²) in [7, 11) is 0. The van der Waals surface area contributed by atoms with Gasteiger partial charge in [-0.25, -0.2) is 10.2 Å². The Labute approximate surface area is 207 Å². The predicted octanol–water partition coefficient (Wildman–Crippen LogP) is 5.03. The summed E-state index contributed by atoms with van der Waals surface area (Å²) in [4.78, 5) is 25.1. The van der Waals surface area contributed by atoms with Gasteiger partial charge in [-0.3, -0.25) is 4.79 Å².